The molecule has 0 amide bonds. The molecule has 0 atom stereocenters. The van der Waals surface area contributed by atoms with Crippen molar-refractivity contribution in [2.24, 2.45) is 0 Å². The Morgan fingerprint density at radius 2 is 1.62 bits per heavy atom. The maximum atomic E-state index is 12.2. The van der Waals surface area contributed by atoms with E-state index in [1.165, 1.54) is 0 Å². The van der Waals surface area contributed by atoms with Crippen molar-refractivity contribution in [1.29, 1.82) is 0 Å². The second-order valence-corrected chi connectivity index (χ2v) is 4.54. The molecule has 0 aromatic heterocycles. The Bertz CT molecular complexity index is 573. The zero-order valence-corrected chi connectivity index (χ0v) is 11.9. The highest BCUT2D eigenvalue weighted by molar-refractivity contribution is 5.97. The Kier molecular flexibility index (Phi) is 5.35. The van der Waals surface area contributed by atoms with Crippen molar-refractivity contribution in [3.63, 3.8) is 0 Å². The van der Waals surface area contributed by atoms with Crippen LogP contribution in [0.15, 0.2) is 48.5 Å². The average molecular weight is 286 g/mol. The number of benzene rings is 2. The van der Waals surface area contributed by atoms with Gasteiger partial charge in [0.1, 0.15) is 18.1 Å². The van der Waals surface area contributed by atoms with Crippen LogP contribution in [0.3, 0.4) is 0 Å². The Morgan fingerprint density at radius 3 is 2.19 bits per heavy atom. The lowest BCUT2D eigenvalue weighted by Crippen LogP contribution is -2.04. The second-order valence-electron chi connectivity index (χ2n) is 4.54. The minimum Gasteiger partial charge on any atom is -0.497 e. The Balaban J connectivity index is 1.98. The van der Waals surface area contributed by atoms with Crippen LogP contribution < -0.4 is 9.47 Å². The molecule has 0 unspecified atom stereocenters. The third kappa shape index (κ3) is 4.33. The van der Waals surface area contributed by atoms with Crippen molar-refractivity contribution >= 4 is 5.78 Å². The molecule has 0 saturated carbocycles. The summed E-state index contributed by atoms with van der Waals surface area (Å²) in [5.41, 5.74) is 1.59. The van der Waals surface area contributed by atoms with Crippen LogP contribution in [0.1, 0.15) is 15.9 Å². The lowest BCUT2D eigenvalue weighted by atomic mass is 10.0. The van der Waals surface area contributed by atoms with Gasteiger partial charge in [0.2, 0.25) is 0 Å². The van der Waals surface area contributed by atoms with E-state index in [0.717, 1.165) is 11.3 Å². The normalized spacial score (nSPS) is 10.2. The summed E-state index contributed by atoms with van der Waals surface area (Å²) in [6, 6.07) is 14.4. The monoisotopic (exact) mass is 286 g/mol. The zero-order chi connectivity index (χ0) is 15.1. The lowest BCUT2D eigenvalue weighted by Gasteiger charge is -2.06. The number of ketones is 1. The van der Waals surface area contributed by atoms with Crippen molar-refractivity contribution < 1.29 is 19.4 Å². The van der Waals surface area contributed by atoms with E-state index in [0.29, 0.717) is 17.7 Å². The second kappa shape index (κ2) is 7.45. The summed E-state index contributed by atoms with van der Waals surface area (Å²) in [7, 11) is 1.61. The molecular weight excluding hydrogens is 268 g/mol. The van der Waals surface area contributed by atoms with E-state index in [9.17, 15) is 4.79 Å². The van der Waals surface area contributed by atoms with Crippen LogP contribution in [0.2, 0.25) is 0 Å². The maximum absolute atomic E-state index is 12.2. The topological polar surface area (TPSA) is 55.8 Å². The highest BCUT2D eigenvalue weighted by Crippen LogP contribution is 2.16. The standard InChI is InChI=1S/C17H18O4/c1-20-15-6-2-13(3-7-15)12-17(19)14-4-8-16(9-5-14)21-11-10-18/h2-9,18H,10-12H2,1H3. The molecule has 0 radical (unpaired) electrons. The number of rotatable bonds is 7. The molecular formula is C17H18O4. The van der Waals surface area contributed by atoms with Crippen LogP contribution in [-0.2, 0) is 6.42 Å². The Morgan fingerprint density at radius 1 is 1.00 bits per heavy atom. The number of aliphatic hydroxyl groups excluding tert-OH is 1. The highest BCUT2D eigenvalue weighted by Gasteiger charge is 2.07. The van der Waals surface area contributed by atoms with Crippen molar-refractivity contribution in [3.05, 3.63) is 59.7 Å². The fourth-order valence-electron chi connectivity index (χ4n) is 1.93. The maximum Gasteiger partial charge on any atom is 0.167 e. The van der Waals surface area contributed by atoms with Crippen LogP contribution in [0.4, 0.5) is 0 Å². The molecule has 0 aliphatic heterocycles. The van der Waals surface area contributed by atoms with E-state index in [4.69, 9.17) is 14.6 Å². The van der Waals surface area contributed by atoms with Crippen molar-refractivity contribution in [1.82, 2.24) is 0 Å². The number of ether oxygens (including phenoxy) is 2. The van der Waals surface area contributed by atoms with Gasteiger partial charge in [-0.15, -0.1) is 0 Å². The molecule has 2 rings (SSSR count). The first-order valence-electron chi connectivity index (χ1n) is 6.73. The first-order valence-corrected chi connectivity index (χ1v) is 6.73. The van der Waals surface area contributed by atoms with Gasteiger partial charge in [0, 0.05) is 12.0 Å². The number of Topliss-reactive ketones (excluding diaryl/α,β-unsaturated/α-hetero) is 1. The number of carbonyl (C=O) groups is 1. The molecule has 1 N–H and O–H groups in total. The third-order valence-corrected chi connectivity index (χ3v) is 3.06. The molecule has 110 valence electrons. The summed E-state index contributed by atoms with van der Waals surface area (Å²) in [6.07, 6.45) is 0.348. The molecule has 0 aliphatic rings. The minimum absolute atomic E-state index is 0.0296. The molecule has 0 heterocycles. The van der Waals surface area contributed by atoms with Crippen molar-refractivity contribution in [2.75, 3.05) is 20.3 Å². The summed E-state index contributed by atoms with van der Waals surface area (Å²) in [5, 5.41) is 8.68. The average Bonchev–Trinajstić information content (AvgIpc) is 2.54. The van der Waals surface area contributed by atoms with E-state index in [2.05, 4.69) is 0 Å². The number of carbonyl (C=O) groups excluding carboxylic acids is 1. The van der Waals surface area contributed by atoms with Gasteiger partial charge in [0.05, 0.1) is 13.7 Å². The van der Waals surface area contributed by atoms with E-state index in [1.807, 2.05) is 24.3 Å². The SMILES string of the molecule is COc1ccc(CC(=O)c2ccc(OCCO)cc2)cc1. The quantitative estimate of drug-likeness (QED) is 0.795. The van der Waals surface area contributed by atoms with Gasteiger partial charge in [-0.1, -0.05) is 12.1 Å². The van der Waals surface area contributed by atoms with Crippen LogP contribution in [0.5, 0.6) is 11.5 Å². The highest BCUT2D eigenvalue weighted by atomic mass is 16.5. The van der Waals surface area contributed by atoms with Gasteiger partial charge in [0.25, 0.3) is 0 Å². The van der Waals surface area contributed by atoms with Gasteiger partial charge < -0.3 is 14.6 Å². The first-order chi connectivity index (χ1) is 10.2. The molecule has 0 aliphatic carbocycles. The van der Waals surface area contributed by atoms with Gasteiger partial charge in [-0.3, -0.25) is 4.79 Å². The van der Waals surface area contributed by atoms with Crippen LogP contribution >= 0.6 is 0 Å². The molecule has 4 heteroatoms. The fraction of sp³-hybridized carbons (Fsp3) is 0.235. The Labute approximate surface area is 123 Å². The summed E-state index contributed by atoms with van der Waals surface area (Å²) in [5.74, 6) is 1.47. The largest absolute Gasteiger partial charge is 0.497 e. The van der Waals surface area contributed by atoms with Gasteiger partial charge in [-0.05, 0) is 42.0 Å². The number of aliphatic hydroxyl groups is 1. The fourth-order valence-corrected chi connectivity index (χ4v) is 1.93. The van der Waals surface area contributed by atoms with Crippen molar-refractivity contribution in [3.8, 4) is 11.5 Å². The van der Waals surface area contributed by atoms with Crippen LogP contribution in [0, 0.1) is 0 Å². The summed E-state index contributed by atoms with van der Waals surface area (Å²) in [6.45, 7) is 0.220. The van der Waals surface area contributed by atoms with Gasteiger partial charge in [-0.2, -0.15) is 0 Å². The van der Waals surface area contributed by atoms with E-state index in [1.54, 1.807) is 31.4 Å². The number of methoxy groups -OCH3 is 1. The molecule has 0 bridgehead atoms. The smallest absolute Gasteiger partial charge is 0.167 e. The molecule has 4 nitrogen and oxygen atoms in total. The van der Waals surface area contributed by atoms with Gasteiger partial charge in [0.15, 0.2) is 5.78 Å². The third-order valence-electron chi connectivity index (χ3n) is 3.06. The van der Waals surface area contributed by atoms with Crippen LogP contribution in [0.25, 0.3) is 0 Å². The summed E-state index contributed by atoms with van der Waals surface area (Å²) < 4.78 is 10.3. The lowest BCUT2D eigenvalue weighted by molar-refractivity contribution is 0.0993. The number of hydrogen-bond acceptors (Lipinski definition) is 4. The molecule has 0 spiro atoms. The molecule has 2 aromatic rings. The minimum atomic E-state index is -0.0296. The van der Waals surface area contributed by atoms with E-state index >= 15 is 0 Å². The van der Waals surface area contributed by atoms with Gasteiger partial charge >= 0.3 is 0 Å². The zero-order valence-electron chi connectivity index (χ0n) is 11.9. The van der Waals surface area contributed by atoms with Crippen LogP contribution in [-0.4, -0.2) is 31.2 Å². The molecule has 0 saturated heterocycles. The summed E-state index contributed by atoms with van der Waals surface area (Å²) >= 11 is 0. The van der Waals surface area contributed by atoms with Gasteiger partial charge in [-0.25, -0.2) is 0 Å². The predicted molar refractivity (Wildman–Crippen MR) is 80.1 cm³/mol. The van der Waals surface area contributed by atoms with Crippen molar-refractivity contribution in [2.45, 2.75) is 6.42 Å². The van der Waals surface area contributed by atoms with E-state index in [-0.39, 0.29) is 19.0 Å². The Hall–Kier alpha value is -2.33. The number of hydrogen-bond donors (Lipinski definition) is 1. The summed E-state index contributed by atoms with van der Waals surface area (Å²) in [4.78, 5) is 12.2. The van der Waals surface area contributed by atoms with E-state index < -0.39 is 0 Å². The molecule has 0 fully saturated rings. The predicted octanol–water partition coefficient (Wildman–Crippen LogP) is 2.49. The molecule has 21 heavy (non-hydrogen) atoms. The first kappa shape index (κ1) is 15.1. The molecule has 2 aromatic carbocycles.